The van der Waals surface area contributed by atoms with Crippen LogP contribution in [0.15, 0.2) is 48.0 Å². The summed E-state index contributed by atoms with van der Waals surface area (Å²) in [4.78, 5) is 0. The van der Waals surface area contributed by atoms with Crippen molar-refractivity contribution in [2.24, 2.45) is 0 Å². The smallest absolute Gasteiger partial charge is 0.00174 e. The molecule has 0 heteroatoms. The minimum absolute atomic E-state index is 1.21. The highest BCUT2D eigenvalue weighted by molar-refractivity contribution is 6.14. The molecule has 0 nitrogen and oxygen atoms in total. The summed E-state index contributed by atoms with van der Waals surface area (Å²) in [5.41, 5.74) is 13.9. The summed E-state index contributed by atoms with van der Waals surface area (Å²) in [6.07, 6.45) is 12.0. The quantitative estimate of drug-likeness (QED) is 0.274. The zero-order valence-electron chi connectivity index (χ0n) is 18.9. The lowest BCUT2D eigenvalue weighted by molar-refractivity contribution is 0.601. The lowest BCUT2D eigenvalue weighted by atomic mass is 9.79. The van der Waals surface area contributed by atoms with Gasteiger partial charge in [-0.05, 0) is 89.3 Å². The normalized spacial score (nSPS) is 14.4. The van der Waals surface area contributed by atoms with E-state index in [1.54, 1.807) is 22.3 Å². The van der Waals surface area contributed by atoms with Crippen molar-refractivity contribution in [3.8, 4) is 11.1 Å². The predicted octanol–water partition coefficient (Wildman–Crippen LogP) is 8.94. The molecule has 3 aromatic rings. The van der Waals surface area contributed by atoms with Crippen LogP contribution < -0.4 is 0 Å². The molecule has 3 aromatic carbocycles. The SMILES string of the molecule is CCCCCCCCC1=C2c3cc(C)ccc3-c3c2c(c(C)c2ccccc32)CC1. The second-order valence-electron chi connectivity index (χ2n) is 9.44. The molecule has 0 fully saturated rings. The Morgan fingerprint density at radius 2 is 1.50 bits per heavy atom. The topological polar surface area (TPSA) is 0 Å². The highest BCUT2D eigenvalue weighted by Gasteiger charge is 2.33. The summed E-state index contributed by atoms with van der Waals surface area (Å²) in [6, 6.07) is 16.2. The van der Waals surface area contributed by atoms with E-state index in [1.807, 2.05) is 0 Å². The van der Waals surface area contributed by atoms with Crippen molar-refractivity contribution in [3.63, 3.8) is 0 Å². The molecule has 0 heterocycles. The van der Waals surface area contributed by atoms with Crippen molar-refractivity contribution in [3.05, 3.63) is 75.9 Å². The van der Waals surface area contributed by atoms with Gasteiger partial charge in [-0.2, -0.15) is 0 Å². The number of benzene rings is 3. The number of rotatable bonds is 7. The van der Waals surface area contributed by atoms with E-state index in [0.717, 1.165) is 0 Å². The van der Waals surface area contributed by atoms with Gasteiger partial charge < -0.3 is 0 Å². The van der Waals surface area contributed by atoms with Crippen LogP contribution in [-0.2, 0) is 6.42 Å². The molecule has 0 amide bonds. The molecule has 154 valence electrons. The molecule has 2 aliphatic carbocycles. The van der Waals surface area contributed by atoms with E-state index in [0.29, 0.717) is 0 Å². The second-order valence-corrected chi connectivity index (χ2v) is 9.44. The molecule has 2 aliphatic rings. The van der Waals surface area contributed by atoms with Gasteiger partial charge in [0.25, 0.3) is 0 Å². The van der Waals surface area contributed by atoms with Gasteiger partial charge in [-0.1, -0.05) is 92.6 Å². The third-order valence-electron chi connectivity index (χ3n) is 7.43. The molecule has 0 aliphatic heterocycles. The maximum absolute atomic E-state index is 2.45. The van der Waals surface area contributed by atoms with Crippen LogP contribution >= 0.6 is 0 Å². The summed E-state index contributed by atoms with van der Waals surface area (Å²) in [5.74, 6) is 0. The Kier molecular flexibility index (Phi) is 5.27. The fourth-order valence-electron chi connectivity index (χ4n) is 5.89. The Bertz CT molecular complexity index is 1140. The molecular formula is C30H34. The second kappa shape index (κ2) is 8.06. The Labute approximate surface area is 182 Å². The van der Waals surface area contributed by atoms with Gasteiger partial charge in [0.2, 0.25) is 0 Å². The van der Waals surface area contributed by atoms with Crippen LogP contribution in [0, 0.1) is 13.8 Å². The van der Waals surface area contributed by atoms with Crippen LogP contribution in [0.5, 0.6) is 0 Å². The van der Waals surface area contributed by atoms with Gasteiger partial charge in [-0.15, -0.1) is 0 Å². The molecule has 30 heavy (non-hydrogen) atoms. The molecule has 0 bridgehead atoms. The maximum Gasteiger partial charge on any atom is -0.00174 e. The number of allylic oxidation sites excluding steroid dienone is 1. The Balaban J connectivity index is 1.63. The third kappa shape index (κ3) is 3.13. The van der Waals surface area contributed by atoms with Crippen LogP contribution in [0.25, 0.3) is 27.5 Å². The zero-order valence-corrected chi connectivity index (χ0v) is 18.9. The van der Waals surface area contributed by atoms with E-state index >= 15 is 0 Å². The van der Waals surface area contributed by atoms with Crippen molar-refractivity contribution in [1.29, 1.82) is 0 Å². The largest absolute Gasteiger partial charge is 0.0654 e. The average molecular weight is 395 g/mol. The molecule has 0 saturated heterocycles. The van der Waals surface area contributed by atoms with Gasteiger partial charge in [0.05, 0.1) is 0 Å². The van der Waals surface area contributed by atoms with Gasteiger partial charge in [0.1, 0.15) is 0 Å². The minimum atomic E-state index is 1.21. The van der Waals surface area contributed by atoms with Crippen molar-refractivity contribution in [2.75, 3.05) is 0 Å². The Morgan fingerprint density at radius 1 is 0.733 bits per heavy atom. The maximum atomic E-state index is 2.45. The Morgan fingerprint density at radius 3 is 2.33 bits per heavy atom. The number of unbranched alkanes of at least 4 members (excludes halogenated alkanes) is 5. The number of hydrogen-bond acceptors (Lipinski definition) is 0. The van der Waals surface area contributed by atoms with Gasteiger partial charge >= 0.3 is 0 Å². The first-order chi connectivity index (χ1) is 14.7. The molecule has 0 saturated carbocycles. The van der Waals surface area contributed by atoms with Crippen molar-refractivity contribution < 1.29 is 0 Å². The first kappa shape index (κ1) is 19.6. The highest BCUT2D eigenvalue weighted by Crippen LogP contribution is 2.54. The van der Waals surface area contributed by atoms with Crippen LogP contribution in [-0.4, -0.2) is 0 Å². The summed E-state index contributed by atoms with van der Waals surface area (Å²) >= 11 is 0. The molecule has 0 aromatic heterocycles. The van der Waals surface area contributed by atoms with Crippen molar-refractivity contribution in [2.45, 2.75) is 78.6 Å². The van der Waals surface area contributed by atoms with Gasteiger partial charge in [-0.3, -0.25) is 0 Å². The zero-order chi connectivity index (χ0) is 20.7. The van der Waals surface area contributed by atoms with Crippen molar-refractivity contribution >= 4 is 16.3 Å². The fourth-order valence-corrected chi connectivity index (χ4v) is 5.89. The van der Waals surface area contributed by atoms with E-state index in [4.69, 9.17) is 0 Å². The fraction of sp³-hybridized carbons (Fsp3) is 0.400. The molecular weight excluding hydrogens is 360 g/mol. The monoisotopic (exact) mass is 394 g/mol. The lowest BCUT2D eigenvalue weighted by Crippen LogP contribution is -2.07. The van der Waals surface area contributed by atoms with E-state index in [1.165, 1.54) is 96.4 Å². The summed E-state index contributed by atoms with van der Waals surface area (Å²) in [5, 5.41) is 2.88. The average Bonchev–Trinajstić information content (AvgIpc) is 3.10. The van der Waals surface area contributed by atoms with Crippen LogP contribution in [0.4, 0.5) is 0 Å². The van der Waals surface area contributed by atoms with Gasteiger partial charge in [-0.25, -0.2) is 0 Å². The number of aryl methyl sites for hydroxylation is 2. The van der Waals surface area contributed by atoms with Gasteiger partial charge in [0, 0.05) is 0 Å². The number of fused-ring (bicyclic) bond motifs is 5. The van der Waals surface area contributed by atoms with Gasteiger partial charge in [0.15, 0.2) is 0 Å². The Hall–Kier alpha value is -2.34. The summed E-state index contributed by atoms with van der Waals surface area (Å²) in [7, 11) is 0. The van der Waals surface area contributed by atoms with Crippen LogP contribution in [0.2, 0.25) is 0 Å². The first-order valence-corrected chi connectivity index (χ1v) is 12.1. The van der Waals surface area contributed by atoms with E-state index < -0.39 is 0 Å². The molecule has 0 unspecified atom stereocenters. The van der Waals surface area contributed by atoms with Crippen LogP contribution in [0.1, 0.15) is 86.1 Å². The molecule has 0 radical (unpaired) electrons. The molecule has 0 spiro atoms. The third-order valence-corrected chi connectivity index (χ3v) is 7.43. The van der Waals surface area contributed by atoms with E-state index in [9.17, 15) is 0 Å². The standard InChI is InChI=1S/C30H34/c1-4-5-6-7-8-9-12-22-16-18-24-21(3)23-13-10-11-14-25(23)29-26-17-15-20(2)19-27(26)28(22)30(24)29/h10-11,13-15,17,19H,4-9,12,16,18H2,1-3H3. The molecule has 0 atom stereocenters. The predicted molar refractivity (Wildman–Crippen MR) is 131 cm³/mol. The molecule has 0 N–H and O–H groups in total. The summed E-state index contributed by atoms with van der Waals surface area (Å²) < 4.78 is 0. The molecule has 5 rings (SSSR count). The number of hydrogen-bond donors (Lipinski definition) is 0. The lowest BCUT2D eigenvalue weighted by Gasteiger charge is -2.25. The van der Waals surface area contributed by atoms with E-state index in [2.05, 4.69) is 63.2 Å². The highest BCUT2D eigenvalue weighted by atomic mass is 14.4. The summed E-state index contributed by atoms with van der Waals surface area (Å²) in [6.45, 7) is 6.89. The van der Waals surface area contributed by atoms with Crippen LogP contribution in [0.3, 0.4) is 0 Å². The first-order valence-electron chi connectivity index (χ1n) is 12.1. The van der Waals surface area contributed by atoms with E-state index in [-0.39, 0.29) is 0 Å². The van der Waals surface area contributed by atoms with Crippen molar-refractivity contribution in [1.82, 2.24) is 0 Å². The minimum Gasteiger partial charge on any atom is -0.0654 e.